The van der Waals surface area contributed by atoms with E-state index in [1.807, 2.05) is 19.1 Å². The number of ketones is 1. The lowest BCUT2D eigenvalue weighted by Crippen LogP contribution is -2.32. The monoisotopic (exact) mass is 453 g/mol. The minimum atomic E-state index is -0.779. The summed E-state index contributed by atoms with van der Waals surface area (Å²) in [5.41, 5.74) is 1.05. The molecule has 1 atom stereocenters. The molecule has 1 N–H and O–H groups in total. The second-order valence-corrected chi connectivity index (χ2v) is 7.76. The molecule has 2 aromatic carbocycles. The fourth-order valence-corrected chi connectivity index (χ4v) is 3.99. The van der Waals surface area contributed by atoms with Gasteiger partial charge in [0.25, 0.3) is 11.7 Å². The molecule has 2 aliphatic rings. The number of rotatable bonds is 8. The van der Waals surface area contributed by atoms with Gasteiger partial charge >= 0.3 is 0 Å². The normalized spacial score (nSPS) is 19.1. The molecule has 0 bridgehead atoms. The summed E-state index contributed by atoms with van der Waals surface area (Å²) >= 11 is 0. The molecule has 1 amide bonds. The van der Waals surface area contributed by atoms with Crippen molar-refractivity contribution in [2.45, 2.75) is 19.4 Å². The van der Waals surface area contributed by atoms with Gasteiger partial charge in [-0.1, -0.05) is 19.1 Å². The lowest BCUT2D eigenvalue weighted by molar-refractivity contribution is -0.140. The highest BCUT2D eigenvalue weighted by molar-refractivity contribution is 6.46. The molecule has 0 aromatic heterocycles. The Hall–Kier alpha value is -3.52. The van der Waals surface area contributed by atoms with E-state index in [1.54, 1.807) is 30.3 Å². The summed E-state index contributed by atoms with van der Waals surface area (Å²) in [6.45, 7) is 3.84. The number of methoxy groups -OCH3 is 1. The molecule has 8 nitrogen and oxygen atoms in total. The molecule has 2 heterocycles. The van der Waals surface area contributed by atoms with Crippen LogP contribution in [0.3, 0.4) is 0 Å². The minimum Gasteiger partial charge on any atom is -0.507 e. The number of Topliss-reactive ketones (excluding diaryl/α,β-unsaturated/α-hetero) is 1. The SMILES string of the molecule is CCCOc1cccc([C@@H]2C(=C(O)c3ccc4c(c3)OCCO4)C(=O)C(=O)N2CCOC)c1. The van der Waals surface area contributed by atoms with Crippen molar-refractivity contribution in [3.8, 4) is 17.2 Å². The summed E-state index contributed by atoms with van der Waals surface area (Å²) in [6.07, 6.45) is 0.848. The number of carbonyl (C=O) groups excluding carboxylic acids is 2. The second kappa shape index (κ2) is 9.95. The van der Waals surface area contributed by atoms with Crippen molar-refractivity contribution in [1.29, 1.82) is 0 Å². The lowest BCUT2D eigenvalue weighted by Gasteiger charge is -2.25. The van der Waals surface area contributed by atoms with Crippen molar-refractivity contribution < 1.29 is 33.6 Å². The Kier molecular flexibility index (Phi) is 6.84. The van der Waals surface area contributed by atoms with E-state index in [2.05, 4.69) is 0 Å². The Labute approximate surface area is 192 Å². The molecule has 8 heteroatoms. The number of fused-ring (bicyclic) bond motifs is 1. The molecule has 0 radical (unpaired) electrons. The molecule has 174 valence electrons. The summed E-state index contributed by atoms with van der Waals surface area (Å²) < 4.78 is 22.0. The molecule has 0 aliphatic carbocycles. The molecule has 0 spiro atoms. The Balaban J connectivity index is 1.80. The molecule has 0 saturated carbocycles. The third-order valence-electron chi connectivity index (χ3n) is 5.54. The van der Waals surface area contributed by atoms with Crippen LogP contribution in [-0.2, 0) is 14.3 Å². The fraction of sp³-hybridized carbons (Fsp3) is 0.360. The van der Waals surface area contributed by atoms with E-state index in [0.717, 1.165) is 6.42 Å². The molecule has 1 saturated heterocycles. The zero-order chi connectivity index (χ0) is 23.4. The summed E-state index contributed by atoms with van der Waals surface area (Å²) in [6, 6.07) is 11.4. The smallest absolute Gasteiger partial charge is 0.295 e. The first-order valence-corrected chi connectivity index (χ1v) is 10.9. The summed E-state index contributed by atoms with van der Waals surface area (Å²) in [5.74, 6) is -0.0263. The third-order valence-corrected chi connectivity index (χ3v) is 5.54. The number of aliphatic hydroxyl groups excluding tert-OH is 1. The largest absolute Gasteiger partial charge is 0.507 e. The van der Waals surface area contributed by atoms with E-state index < -0.39 is 17.7 Å². The molecular weight excluding hydrogens is 426 g/mol. The van der Waals surface area contributed by atoms with Crippen LogP contribution in [0.2, 0.25) is 0 Å². The van der Waals surface area contributed by atoms with Gasteiger partial charge < -0.3 is 29.0 Å². The van der Waals surface area contributed by atoms with Crippen molar-refractivity contribution in [2.75, 3.05) is 40.1 Å². The summed E-state index contributed by atoms with van der Waals surface area (Å²) in [7, 11) is 1.53. The average Bonchev–Trinajstić information content (AvgIpc) is 3.10. The van der Waals surface area contributed by atoms with E-state index in [0.29, 0.717) is 48.2 Å². The number of hydrogen-bond acceptors (Lipinski definition) is 7. The van der Waals surface area contributed by atoms with Crippen molar-refractivity contribution >= 4 is 17.4 Å². The van der Waals surface area contributed by atoms with E-state index >= 15 is 0 Å². The van der Waals surface area contributed by atoms with Crippen LogP contribution >= 0.6 is 0 Å². The number of likely N-dealkylation sites (tertiary alicyclic amines) is 1. The van der Waals surface area contributed by atoms with Gasteiger partial charge in [0, 0.05) is 19.2 Å². The van der Waals surface area contributed by atoms with Gasteiger partial charge in [0.1, 0.15) is 24.7 Å². The van der Waals surface area contributed by atoms with Crippen LogP contribution < -0.4 is 14.2 Å². The first-order valence-electron chi connectivity index (χ1n) is 10.9. The van der Waals surface area contributed by atoms with E-state index in [9.17, 15) is 14.7 Å². The maximum Gasteiger partial charge on any atom is 0.295 e. The predicted octanol–water partition coefficient (Wildman–Crippen LogP) is 3.31. The summed E-state index contributed by atoms with van der Waals surface area (Å²) in [4.78, 5) is 27.4. The molecular formula is C25H27NO7. The average molecular weight is 453 g/mol. The van der Waals surface area contributed by atoms with Crippen LogP contribution in [-0.4, -0.2) is 61.8 Å². The van der Waals surface area contributed by atoms with Gasteiger partial charge in [-0.15, -0.1) is 0 Å². The van der Waals surface area contributed by atoms with Crippen LogP contribution in [0.25, 0.3) is 5.76 Å². The number of carbonyl (C=O) groups is 2. The number of ether oxygens (including phenoxy) is 4. The van der Waals surface area contributed by atoms with Crippen LogP contribution in [0.1, 0.15) is 30.5 Å². The molecule has 0 unspecified atom stereocenters. The van der Waals surface area contributed by atoms with Gasteiger partial charge in [-0.25, -0.2) is 0 Å². The topological polar surface area (TPSA) is 94.5 Å². The van der Waals surface area contributed by atoms with Gasteiger partial charge in [0.05, 0.1) is 24.8 Å². The van der Waals surface area contributed by atoms with Gasteiger partial charge in [-0.3, -0.25) is 9.59 Å². The van der Waals surface area contributed by atoms with Crippen molar-refractivity contribution in [2.24, 2.45) is 0 Å². The molecule has 1 fully saturated rings. The lowest BCUT2D eigenvalue weighted by atomic mass is 9.95. The van der Waals surface area contributed by atoms with Crippen molar-refractivity contribution in [3.63, 3.8) is 0 Å². The highest BCUT2D eigenvalue weighted by Gasteiger charge is 2.46. The first kappa shape index (κ1) is 22.7. The molecule has 2 aliphatic heterocycles. The molecule has 33 heavy (non-hydrogen) atoms. The van der Waals surface area contributed by atoms with Gasteiger partial charge in [-0.2, -0.15) is 0 Å². The van der Waals surface area contributed by atoms with Gasteiger partial charge in [0.15, 0.2) is 11.5 Å². The number of nitrogens with zero attached hydrogens (tertiary/aromatic N) is 1. The Bertz CT molecular complexity index is 1080. The maximum atomic E-state index is 13.1. The van der Waals surface area contributed by atoms with E-state index in [-0.39, 0.29) is 24.5 Å². The minimum absolute atomic E-state index is 0.0143. The van der Waals surface area contributed by atoms with E-state index in [1.165, 1.54) is 12.0 Å². The zero-order valence-electron chi connectivity index (χ0n) is 18.7. The second-order valence-electron chi connectivity index (χ2n) is 7.76. The van der Waals surface area contributed by atoms with Crippen LogP contribution in [0.5, 0.6) is 17.2 Å². The number of aliphatic hydroxyl groups is 1. The zero-order valence-corrected chi connectivity index (χ0v) is 18.7. The fourth-order valence-electron chi connectivity index (χ4n) is 3.99. The Morgan fingerprint density at radius 3 is 2.64 bits per heavy atom. The van der Waals surface area contributed by atoms with Crippen LogP contribution in [0, 0.1) is 0 Å². The molecule has 4 rings (SSSR count). The standard InChI is InChI=1S/C25H27NO7/c1-3-10-31-18-6-4-5-16(14-18)22-21(24(28)25(29)26(22)9-11-30-2)23(27)17-7-8-19-20(15-17)33-13-12-32-19/h4-8,14-15,22,27H,3,9-13H2,1-2H3/t22-/m1/s1. The highest BCUT2D eigenvalue weighted by Crippen LogP contribution is 2.41. The predicted molar refractivity (Wildman–Crippen MR) is 121 cm³/mol. The van der Waals surface area contributed by atoms with Gasteiger partial charge in [0.2, 0.25) is 0 Å². The Morgan fingerprint density at radius 1 is 1.09 bits per heavy atom. The van der Waals surface area contributed by atoms with Crippen molar-refractivity contribution in [1.82, 2.24) is 4.90 Å². The number of amides is 1. The van der Waals surface area contributed by atoms with Crippen LogP contribution in [0.4, 0.5) is 0 Å². The van der Waals surface area contributed by atoms with Crippen LogP contribution in [0.15, 0.2) is 48.0 Å². The molecule has 2 aromatic rings. The Morgan fingerprint density at radius 2 is 1.88 bits per heavy atom. The number of hydrogen-bond donors (Lipinski definition) is 1. The number of benzene rings is 2. The van der Waals surface area contributed by atoms with Gasteiger partial charge in [-0.05, 0) is 42.3 Å². The quantitative estimate of drug-likeness (QED) is 0.372. The summed E-state index contributed by atoms with van der Waals surface area (Å²) in [5, 5.41) is 11.2. The van der Waals surface area contributed by atoms with Crippen molar-refractivity contribution in [3.05, 3.63) is 59.2 Å². The third kappa shape index (κ3) is 4.52. The van der Waals surface area contributed by atoms with E-state index in [4.69, 9.17) is 18.9 Å². The highest BCUT2D eigenvalue weighted by atomic mass is 16.6. The maximum absolute atomic E-state index is 13.1. The first-order chi connectivity index (χ1) is 16.0.